The van der Waals surface area contributed by atoms with Crippen molar-refractivity contribution < 1.29 is 14.3 Å². The fourth-order valence-corrected chi connectivity index (χ4v) is 2.79. The summed E-state index contributed by atoms with van der Waals surface area (Å²) >= 11 is 0. The van der Waals surface area contributed by atoms with Gasteiger partial charge >= 0.3 is 0 Å². The lowest BCUT2D eigenvalue weighted by Gasteiger charge is -2.13. The molecular formula is C18H27NO3. The van der Waals surface area contributed by atoms with Crippen LogP contribution in [0.1, 0.15) is 51.0 Å². The summed E-state index contributed by atoms with van der Waals surface area (Å²) in [7, 11) is 1.64. The Hall–Kier alpha value is -1.71. The van der Waals surface area contributed by atoms with Gasteiger partial charge in [-0.3, -0.25) is 4.79 Å². The number of rotatable bonds is 8. The number of carbonyl (C=O) groups is 1. The van der Waals surface area contributed by atoms with Gasteiger partial charge in [-0.15, -0.1) is 0 Å². The highest BCUT2D eigenvalue weighted by atomic mass is 16.5. The van der Waals surface area contributed by atoms with Gasteiger partial charge in [0.05, 0.1) is 13.7 Å². The highest BCUT2D eigenvalue weighted by Gasteiger charge is 2.22. The molecule has 1 aromatic rings. The molecular weight excluding hydrogens is 278 g/mol. The Bertz CT molecular complexity index is 481. The van der Waals surface area contributed by atoms with Crippen LogP contribution in [0.15, 0.2) is 18.2 Å². The molecule has 1 N–H and O–H groups in total. The van der Waals surface area contributed by atoms with E-state index >= 15 is 0 Å². The summed E-state index contributed by atoms with van der Waals surface area (Å²) in [6, 6.07) is 5.85. The fourth-order valence-electron chi connectivity index (χ4n) is 2.79. The predicted molar refractivity (Wildman–Crippen MR) is 87.2 cm³/mol. The van der Waals surface area contributed by atoms with Crippen molar-refractivity contribution in [1.82, 2.24) is 5.32 Å². The lowest BCUT2D eigenvalue weighted by atomic mass is 10.1. The largest absolute Gasteiger partial charge is 0.493 e. The second-order valence-electron chi connectivity index (χ2n) is 5.89. The van der Waals surface area contributed by atoms with Gasteiger partial charge in [-0.1, -0.05) is 32.3 Å². The van der Waals surface area contributed by atoms with Crippen LogP contribution in [-0.4, -0.2) is 19.6 Å². The molecule has 1 aliphatic carbocycles. The van der Waals surface area contributed by atoms with E-state index in [1.165, 1.54) is 12.8 Å². The Kier molecular flexibility index (Phi) is 6.56. The first-order chi connectivity index (χ1) is 10.7. The first-order valence-electron chi connectivity index (χ1n) is 8.32. The van der Waals surface area contributed by atoms with Crippen LogP contribution in [0.2, 0.25) is 0 Å². The minimum Gasteiger partial charge on any atom is -0.493 e. The average Bonchev–Trinajstić information content (AvgIpc) is 3.08. The third-order valence-electron chi connectivity index (χ3n) is 4.18. The lowest BCUT2D eigenvalue weighted by Crippen LogP contribution is -2.28. The molecule has 0 heterocycles. The standard InChI is InChI=1S/C18H27NO3/c1-3-4-11-22-16-10-9-14(12-17(16)21-2)13-19-18(20)15-7-5-6-8-15/h9-10,12,15H,3-8,11,13H2,1-2H3,(H,19,20). The molecule has 0 unspecified atom stereocenters. The molecule has 1 saturated carbocycles. The zero-order valence-corrected chi connectivity index (χ0v) is 13.7. The molecule has 0 saturated heterocycles. The Morgan fingerprint density at radius 3 is 2.73 bits per heavy atom. The van der Waals surface area contributed by atoms with E-state index < -0.39 is 0 Å². The van der Waals surface area contributed by atoms with E-state index in [1.807, 2.05) is 18.2 Å². The molecule has 0 spiro atoms. The average molecular weight is 305 g/mol. The van der Waals surface area contributed by atoms with Crippen molar-refractivity contribution in [3.8, 4) is 11.5 Å². The second-order valence-corrected chi connectivity index (χ2v) is 5.89. The number of hydrogen-bond donors (Lipinski definition) is 1. The number of hydrogen-bond acceptors (Lipinski definition) is 3. The van der Waals surface area contributed by atoms with Gasteiger partial charge in [-0.2, -0.15) is 0 Å². The maximum absolute atomic E-state index is 12.0. The highest BCUT2D eigenvalue weighted by molar-refractivity contribution is 5.78. The van der Waals surface area contributed by atoms with Crippen LogP contribution in [0, 0.1) is 5.92 Å². The summed E-state index contributed by atoms with van der Waals surface area (Å²) < 4.78 is 11.1. The highest BCUT2D eigenvalue weighted by Crippen LogP contribution is 2.28. The van der Waals surface area contributed by atoms with Crippen molar-refractivity contribution >= 4 is 5.91 Å². The van der Waals surface area contributed by atoms with E-state index in [0.717, 1.165) is 42.7 Å². The molecule has 1 amide bonds. The van der Waals surface area contributed by atoms with Gasteiger partial charge in [-0.05, 0) is 37.0 Å². The van der Waals surface area contributed by atoms with Crippen molar-refractivity contribution in [3.05, 3.63) is 23.8 Å². The minimum absolute atomic E-state index is 0.180. The van der Waals surface area contributed by atoms with Gasteiger partial charge in [0.25, 0.3) is 0 Å². The maximum Gasteiger partial charge on any atom is 0.223 e. The normalized spacial score (nSPS) is 14.8. The summed E-state index contributed by atoms with van der Waals surface area (Å²) in [5.74, 6) is 1.88. The van der Waals surface area contributed by atoms with Crippen LogP contribution >= 0.6 is 0 Å². The summed E-state index contributed by atoms with van der Waals surface area (Å²) in [5, 5.41) is 3.03. The Morgan fingerprint density at radius 2 is 2.05 bits per heavy atom. The SMILES string of the molecule is CCCCOc1ccc(CNC(=O)C2CCCC2)cc1OC. The molecule has 4 nitrogen and oxygen atoms in total. The van der Waals surface area contributed by atoms with Crippen LogP contribution < -0.4 is 14.8 Å². The molecule has 4 heteroatoms. The molecule has 1 aromatic carbocycles. The quantitative estimate of drug-likeness (QED) is 0.745. The zero-order chi connectivity index (χ0) is 15.8. The maximum atomic E-state index is 12.0. The molecule has 0 aliphatic heterocycles. The number of nitrogens with one attached hydrogen (secondary N) is 1. The molecule has 1 fully saturated rings. The van der Waals surface area contributed by atoms with Crippen LogP contribution in [0.3, 0.4) is 0 Å². The predicted octanol–water partition coefficient (Wildman–Crippen LogP) is 3.68. The fraction of sp³-hybridized carbons (Fsp3) is 0.611. The summed E-state index contributed by atoms with van der Waals surface area (Å²) in [5.41, 5.74) is 1.03. The molecule has 1 aliphatic rings. The van der Waals surface area contributed by atoms with Crippen molar-refractivity contribution in [2.75, 3.05) is 13.7 Å². The summed E-state index contributed by atoms with van der Waals surface area (Å²) in [6.45, 7) is 3.38. The smallest absolute Gasteiger partial charge is 0.223 e. The van der Waals surface area contributed by atoms with Crippen molar-refractivity contribution in [1.29, 1.82) is 0 Å². The molecule has 0 atom stereocenters. The number of ether oxygens (including phenoxy) is 2. The number of amides is 1. The van der Waals surface area contributed by atoms with Crippen LogP contribution in [0.4, 0.5) is 0 Å². The molecule has 0 aromatic heterocycles. The van der Waals surface area contributed by atoms with Crippen molar-refractivity contribution in [2.45, 2.75) is 52.0 Å². The second kappa shape index (κ2) is 8.66. The number of carbonyl (C=O) groups excluding carboxylic acids is 1. The Morgan fingerprint density at radius 1 is 1.27 bits per heavy atom. The Balaban J connectivity index is 1.89. The van der Waals surface area contributed by atoms with Crippen LogP contribution in [-0.2, 0) is 11.3 Å². The third-order valence-corrected chi connectivity index (χ3v) is 4.18. The van der Waals surface area contributed by atoms with E-state index in [4.69, 9.17) is 9.47 Å². The minimum atomic E-state index is 0.180. The van der Waals surface area contributed by atoms with Gasteiger partial charge in [0, 0.05) is 12.5 Å². The zero-order valence-electron chi connectivity index (χ0n) is 13.7. The van der Waals surface area contributed by atoms with Crippen LogP contribution in [0.25, 0.3) is 0 Å². The summed E-state index contributed by atoms with van der Waals surface area (Å²) in [4.78, 5) is 12.0. The van der Waals surface area contributed by atoms with E-state index in [2.05, 4.69) is 12.2 Å². The van der Waals surface area contributed by atoms with Crippen LogP contribution in [0.5, 0.6) is 11.5 Å². The third kappa shape index (κ3) is 4.65. The van der Waals surface area contributed by atoms with Gasteiger partial charge in [0.1, 0.15) is 0 Å². The molecule has 2 rings (SSSR count). The number of methoxy groups -OCH3 is 1. The van der Waals surface area contributed by atoms with Crippen molar-refractivity contribution in [2.24, 2.45) is 5.92 Å². The van der Waals surface area contributed by atoms with Gasteiger partial charge in [0.15, 0.2) is 11.5 Å². The number of benzene rings is 1. The van der Waals surface area contributed by atoms with E-state index in [-0.39, 0.29) is 11.8 Å². The van der Waals surface area contributed by atoms with Gasteiger partial charge < -0.3 is 14.8 Å². The summed E-state index contributed by atoms with van der Waals surface area (Å²) in [6.07, 6.45) is 6.54. The topological polar surface area (TPSA) is 47.6 Å². The van der Waals surface area contributed by atoms with Crippen molar-refractivity contribution in [3.63, 3.8) is 0 Å². The van der Waals surface area contributed by atoms with Gasteiger partial charge in [0.2, 0.25) is 5.91 Å². The monoisotopic (exact) mass is 305 g/mol. The lowest BCUT2D eigenvalue weighted by molar-refractivity contribution is -0.124. The van der Waals surface area contributed by atoms with E-state index in [9.17, 15) is 4.79 Å². The first-order valence-corrected chi connectivity index (χ1v) is 8.32. The molecule has 22 heavy (non-hydrogen) atoms. The molecule has 0 radical (unpaired) electrons. The molecule has 122 valence electrons. The first kappa shape index (κ1) is 16.7. The van der Waals surface area contributed by atoms with E-state index in [1.54, 1.807) is 7.11 Å². The number of unbranched alkanes of at least 4 members (excludes halogenated alkanes) is 1. The van der Waals surface area contributed by atoms with Gasteiger partial charge in [-0.25, -0.2) is 0 Å². The molecule has 0 bridgehead atoms. The van der Waals surface area contributed by atoms with E-state index in [0.29, 0.717) is 13.2 Å². The Labute approximate surface area is 133 Å².